The standard InChI is InChI=1S/C13H26N2O2/c1-13(2,6-4-7-14)10-15-12(16)11-5-3-8-17-9-11/h11H,3-10,14H2,1-2H3,(H,15,16). The topological polar surface area (TPSA) is 64.3 Å². The average molecular weight is 242 g/mol. The van der Waals surface area contributed by atoms with Crippen molar-refractivity contribution in [2.24, 2.45) is 17.1 Å². The van der Waals surface area contributed by atoms with Gasteiger partial charge in [0.15, 0.2) is 0 Å². The highest BCUT2D eigenvalue weighted by Gasteiger charge is 2.24. The first-order valence-electron chi connectivity index (χ1n) is 6.61. The maximum absolute atomic E-state index is 11.9. The van der Waals surface area contributed by atoms with Gasteiger partial charge in [0.2, 0.25) is 5.91 Å². The number of carbonyl (C=O) groups is 1. The molecular formula is C13H26N2O2. The number of hydrogen-bond donors (Lipinski definition) is 2. The van der Waals surface area contributed by atoms with Crippen LogP contribution < -0.4 is 11.1 Å². The second kappa shape index (κ2) is 6.97. The predicted octanol–water partition coefficient (Wildman–Crippen LogP) is 1.29. The molecule has 0 spiro atoms. The summed E-state index contributed by atoms with van der Waals surface area (Å²) in [6, 6.07) is 0. The first kappa shape index (κ1) is 14.5. The number of amides is 1. The first-order valence-corrected chi connectivity index (χ1v) is 6.61. The van der Waals surface area contributed by atoms with Gasteiger partial charge < -0.3 is 15.8 Å². The fourth-order valence-electron chi connectivity index (χ4n) is 2.09. The molecule has 1 unspecified atom stereocenters. The van der Waals surface area contributed by atoms with Gasteiger partial charge in [0.1, 0.15) is 0 Å². The summed E-state index contributed by atoms with van der Waals surface area (Å²) >= 11 is 0. The molecule has 1 atom stereocenters. The molecule has 1 aliphatic rings. The summed E-state index contributed by atoms with van der Waals surface area (Å²) in [5.74, 6) is 0.194. The van der Waals surface area contributed by atoms with Crippen molar-refractivity contribution in [3.05, 3.63) is 0 Å². The lowest BCUT2D eigenvalue weighted by atomic mass is 9.87. The number of carbonyl (C=O) groups excluding carboxylic acids is 1. The highest BCUT2D eigenvalue weighted by molar-refractivity contribution is 5.78. The van der Waals surface area contributed by atoms with E-state index in [2.05, 4.69) is 19.2 Å². The molecule has 4 nitrogen and oxygen atoms in total. The molecule has 0 radical (unpaired) electrons. The second-order valence-electron chi connectivity index (χ2n) is 5.69. The van der Waals surface area contributed by atoms with E-state index in [9.17, 15) is 4.79 Å². The molecule has 4 heteroatoms. The van der Waals surface area contributed by atoms with Crippen molar-refractivity contribution in [1.29, 1.82) is 0 Å². The molecule has 0 aliphatic carbocycles. The Morgan fingerprint density at radius 3 is 2.88 bits per heavy atom. The molecule has 1 fully saturated rings. The van der Waals surface area contributed by atoms with E-state index in [4.69, 9.17) is 10.5 Å². The van der Waals surface area contributed by atoms with Crippen LogP contribution in [-0.4, -0.2) is 32.2 Å². The molecule has 0 aromatic carbocycles. The van der Waals surface area contributed by atoms with Crippen LogP contribution in [0.25, 0.3) is 0 Å². The van der Waals surface area contributed by atoms with Crippen molar-refractivity contribution in [2.45, 2.75) is 39.5 Å². The van der Waals surface area contributed by atoms with Crippen molar-refractivity contribution in [2.75, 3.05) is 26.3 Å². The van der Waals surface area contributed by atoms with Crippen LogP contribution >= 0.6 is 0 Å². The minimum Gasteiger partial charge on any atom is -0.381 e. The SMILES string of the molecule is CC(C)(CCCN)CNC(=O)C1CCCOC1. The molecule has 1 saturated heterocycles. The van der Waals surface area contributed by atoms with E-state index in [0.29, 0.717) is 13.2 Å². The van der Waals surface area contributed by atoms with Crippen LogP contribution in [0.1, 0.15) is 39.5 Å². The van der Waals surface area contributed by atoms with Gasteiger partial charge in [-0.1, -0.05) is 13.8 Å². The molecule has 1 heterocycles. The van der Waals surface area contributed by atoms with Crippen LogP contribution in [0.3, 0.4) is 0 Å². The van der Waals surface area contributed by atoms with Crippen molar-refractivity contribution < 1.29 is 9.53 Å². The Hall–Kier alpha value is -0.610. The predicted molar refractivity (Wildman–Crippen MR) is 68.6 cm³/mol. The van der Waals surface area contributed by atoms with E-state index >= 15 is 0 Å². The van der Waals surface area contributed by atoms with Gasteiger partial charge in [-0.05, 0) is 37.6 Å². The summed E-state index contributed by atoms with van der Waals surface area (Å²) in [6.07, 6.45) is 4.00. The highest BCUT2D eigenvalue weighted by Crippen LogP contribution is 2.21. The molecule has 1 amide bonds. The largest absolute Gasteiger partial charge is 0.381 e. The Morgan fingerprint density at radius 1 is 1.53 bits per heavy atom. The van der Waals surface area contributed by atoms with Gasteiger partial charge in [-0.3, -0.25) is 4.79 Å². The summed E-state index contributed by atoms with van der Waals surface area (Å²) in [5.41, 5.74) is 5.63. The lowest BCUT2D eigenvalue weighted by Crippen LogP contribution is -2.40. The maximum Gasteiger partial charge on any atom is 0.225 e. The Balaban J connectivity index is 2.26. The Kier molecular flexibility index (Phi) is 5.92. The molecule has 0 saturated carbocycles. The maximum atomic E-state index is 11.9. The number of rotatable bonds is 6. The summed E-state index contributed by atoms with van der Waals surface area (Å²) in [4.78, 5) is 11.9. The van der Waals surface area contributed by atoms with Crippen molar-refractivity contribution >= 4 is 5.91 Å². The minimum atomic E-state index is 0.0501. The smallest absolute Gasteiger partial charge is 0.225 e. The zero-order valence-electron chi connectivity index (χ0n) is 11.1. The van der Waals surface area contributed by atoms with E-state index in [-0.39, 0.29) is 17.2 Å². The summed E-state index contributed by atoms with van der Waals surface area (Å²) in [7, 11) is 0. The first-order chi connectivity index (χ1) is 8.05. The van der Waals surface area contributed by atoms with Crippen molar-refractivity contribution in [1.82, 2.24) is 5.32 Å². The van der Waals surface area contributed by atoms with Crippen LogP contribution in [0.2, 0.25) is 0 Å². The van der Waals surface area contributed by atoms with Gasteiger partial charge in [0.05, 0.1) is 12.5 Å². The second-order valence-corrected chi connectivity index (χ2v) is 5.69. The molecule has 1 aliphatic heterocycles. The summed E-state index contributed by atoms with van der Waals surface area (Å²) < 4.78 is 5.32. The average Bonchev–Trinajstić information content (AvgIpc) is 2.35. The Bertz CT molecular complexity index is 236. The number of nitrogens with one attached hydrogen (secondary N) is 1. The molecule has 0 aromatic rings. The normalized spacial score (nSPS) is 21.2. The van der Waals surface area contributed by atoms with Crippen LogP contribution in [0.5, 0.6) is 0 Å². The van der Waals surface area contributed by atoms with Gasteiger partial charge in [-0.2, -0.15) is 0 Å². The highest BCUT2D eigenvalue weighted by atomic mass is 16.5. The Morgan fingerprint density at radius 2 is 2.29 bits per heavy atom. The molecule has 0 aromatic heterocycles. The van der Waals surface area contributed by atoms with Gasteiger partial charge >= 0.3 is 0 Å². The van der Waals surface area contributed by atoms with Crippen LogP contribution in [0.15, 0.2) is 0 Å². The van der Waals surface area contributed by atoms with Gasteiger partial charge in [0, 0.05) is 13.2 Å². The molecule has 3 N–H and O–H groups in total. The monoisotopic (exact) mass is 242 g/mol. The zero-order chi connectivity index (χ0) is 12.7. The van der Waals surface area contributed by atoms with Gasteiger partial charge in [0.25, 0.3) is 0 Å². The lowest BCUT2D eigenvalue weighted by Gasteiger charge is -2.27. The third-order valence-electron chi connectivity index (χ3n) is 3.33. The minimum absolute atomic E-state index is 0.0501. The zero-order valence-corrected chi connectivity index (χ0v) is 11.1. The van der Waals surface area contributed by atoms with Crippen LogP contribution in [0.4, 0.5) is 0 Å². The molecule has 17 heavy (non-hydrogen) atoms. The van der Waals surface area contributed by atoms with E-state index in [1.807, 2.05) is 0 Å². The summed E-state index contributed by atoms with van der Waals surface area (Å²) in [5, 5.41) is 3.04. The number of hydrogen-bond acceptors (Lipinski definition) is 3. The summed E-state index contributed by atoms with van der Waals surface area (Å²) in [6.45, 7) is 7.15. The van der Waals surface area contributed by atoms with E-state index in [0.717, 1.165) is 38.8 Å². The van der Waals surface area contributed by atoms with Crippen LogP contribution in [-0.2, 0) is 9.53 Å². The van der Waals surface area contributed by atoms with Gasteiger partial charge in [-0.25, -0.2) is 0 Å². The number of ether oxygens (including phenoxy) is 1. The van der Waals surface area contributed by atoms with Crippen molar-refractivity contribution in [3.63, 3.8) is 0 Å². The third-order valence-corrected chi connectivity index (χ3v) is 3.33. The molecule has 1 rings (SSSR count). The van der Waals surface area contributed by atoms with E-state index < -0.39 is 0 Å². The molecule has 100 valence electrons. The van der Waals surface area contributed by atoms with Gasteiger partial charge in [-0.15, -0.1) is 0 Å². The fraction of sp³-hybridized carbons (Fsp3) is 0.923. The number of nitrogens with two attached hydrogens (primary N) is 1. The molecular weight excluding hydrogens is 216 g/mol. The Labute approximate surface area is 104 Å². The van der Waals surface area contributed by atoms with E-state index in [1.54, 1.807) is 0 Å². The van der Waals surface area contributed by atoms with E-state index in [1.165, 1.54) is 0 Å². The fourth-order valence-corrected chi connectivity index (χ4v) is 2.09. The molecule has 0 bridgehead atoms. The quantitative estimate of drug-likeness (QED) is 0.738. The van der Waals surface area contributed by atoms with Crippen molar-refractivity contribution in [3.8, 4) is 0 Å². The third kappa shape index (κ3) is 5.50. The lowest BCUT2D eigenvalue weighted by molar-refractivity contribution is -0.129. The van der Waals surface area contributed by atoms with Crippen LogP contribution in [0, 0.1) is 11.3 Å².